The summed E-state index contributed by atoms with van der Waals surface area (Å²) in [5.74, 6) is 0.983. The molecule has 0 bridgehead atoms. The van der Waals surface area contributed by atoms with E-state index in [4.69, 9.17) is 27.9 Å². The normalized spacial score (nSPS) is 23.8. The second-order valence-electron chi connectivity index (χ2n) is 11.5. The highest BCUT2D eigenvalue weighted by atomic mass is 16.3. The molecule has 2 aliphatic rings. The number of unbranched alkanes of at least 4 members (excludes halogenated alkanes) is 2. The second kappa shape index (κ2) is 14.1. The Kier molecular flexibility index (Phi) is 10.5. The number of hydrogen-bond acceptors (Lipinski definition) is 12. The Morgan fingerprint density at radius 1 is 0.927 bits per heavy atom. The average Bonchev–Trinajstić information content (AvgIpc) is 2.91. The number of nitrogens with one attached hydrogen (secondary N) is 2. The number of nitrogens with zero attached hydrogens (tertiary/aromatic N) is 5. The number of phenols is 1. The number of phenolic OH excluding ortho intramolecular Hbond substituents is 1. The van der Waals surface area contributed by atoms with Gasteiger partial charge in [0.2, 0.25) is 23.8 Å². The van der Waals surface area contributed by atoms with Gasteiger partial charge < -0.3 is 48.5 Å². The molecule has 2 aliphatic heterocycles. The summed E-state index contributed by atoms with van der Waals surface area (Å²) in [4.78, 5) is 30.8. The monoisotopic (exact) mass is 569 g/mol. The van der Waals surface area contributed by atoms with Crippen molar-refractivity contribution in [1.29, 1.82) is 0 Å². The minimum Gasteiger partial charge on any atom is -0.506 e. The predicted molar refractivity (Wildman–Crippen MR) is 163 cm³/mol. The Balaban J connectivity index is 1.54. The SMILES string of the molecule is CCCCCC(CC)C(=O)Nc1ccc(Nc2nc(N3C[C@H](N)C[C@H](N)C3)nc(N3C[C@H](N)C[C@H](N)C3)n2)cc1O. The molecular formula is C28H47N11O2. The van der Waals surface area contributed by atoms with Gasteiger partial charge in [-0.1, -0.05) is 33.1 Å². The average molecular weight is 570 g/mol. The Labute approximate surface area is 242 Å². The van der Waals surface area contributed by atoms with Gasteiger partial charge in [-0.3, -0.25) is 4.79 Å². The van der Waals surface area contributed by atoms with Gasteiger partial charge in [0.05, 0.1) is 5.69 Å². The number of benzene rings is 1. The fourth-order valence-electron chi connectivity index (χ4n) is 5.62. The molecule has 226 valence electrons. The predicted octanol–water partition coefficient (Wildman–Crippen LogP) is 1.60. The van der Waals surface area contributed by atoms with E-state index in [9.17, 15) is 9.90 Å². The lowest BCUT2D eigenvalue weighted by atomic mass is 9.97. The molecule has 0 spiro atoms. The fraction of sp³-hybridized carbons (Fsp3) is 0.643. The van der Waals surface area contributed by atoms with Gasteiger partial charge in [-0.05, 0) is 37.8 Å². The summed E-state index contributed by atoms with van der Waals surface area (Å²) in [7, 11) is 0. The van der Waals surface area contributed by atoms with Crippen molar-refractivity contribution in [2.75, 3.05) is 46.6 Å². The number of aromatic nitrogens is 3. The molecule has 13 nitrogen and oxygen atoms in total. The van der Waals surface area contributed by atoms with Crippen molar-refractivity contribution >= 4 is 35.1 Å². The molecule has 2 fully saturated rings. The topological polar surface area (TPSA) is 211 Å². The first-order valence-electron chi connectivity index (χ1n) is 14.8. The van der Waals surface area contributed by atoms with E-state index >= 15 is 0 Å². The molecule has 1 amide bonds. The number of carbonyl (C=O) groups excluding carboxylic acids is 1. The Bertz CT molecular complexity index is 1100. The molecule has 1 aromatic heterocycles. The van der Waals surface area contributed by atoms with E-state index in [0.29, 0.717) is 55.4 Å². The number of aromatic hydroxyl groups is 1. The Hall–Kier alpha value is -3.26. The number of carbonyl (C=O) groups is 1. The van der Waals surface area contributed by atoms with Crippen molar-refractivity contribution in [3.63, 3.8) is 0 Å². The van der Waals surface area contributed by atoms with Crippen molar-refractivity contribution < 1.29 is 9.90 Å². The van der Waals surface area contributed by atoms with Crippen molar-refractivity contribution in [1.82, 2.24) is 15.0 Å². The largest absolute Gasteiger partial charge is 0.506 e. The molecule has 41 heavy (non-hydrogen) atoms. The maximum absolute atomic E-state index is 12.8. The lowest BCUT2D eigenvalue weighted by Gasteiger charge is -2.37. The lowest BCUT2D eigenvalue weighted by Crippen LogP contribution is -2.54. The molecule has 13 heteroatoms. The number of amides is 1. The molecule has 0 saturated carbocycles. The van der Waals surface area contributed by atoms with Crippen LogP contribution in [0.25, 0.3) is 0 Å². The minimum atomic E-state index is -0.0918. The zero-order chi connectivity index (χ0) is 29.5. The van der Waals surface area contributed by atoms with E-state index in [2.05, 4.69) is 27.5 Å². The number of piperidine rings is 2. The molecule has 0 radical (unpaired) electrons. The standard InChI is InChI=1S/C28H47N11O2/c1-3-5-6-7-17(4-2)25(41)34-23-9-8-22(12-24(23)40)33-26-35-27(38-13-18(29)10-19(30)14-38)37-28(36-26)39-15-20(31)11-21(32)16-39/h8-9,12,17-21,40H,3-7,10-11,13-16,29-32H2,1-2H3,(H,34,41)(H,33,35,36,37)/t17?,18-,19+,20-,21+. The smallest absolute Gasteiger partial charge is 0.233 e. The summed E-state index contributed by atoms with van der Waals surface area (Å²) in [5, 5.41) is 16.8. The van der Waals surface area contributed by atoms with Gasteiger partial charge in [-0.25, -0.2) is 0 Å². The first-order chi connectivity index (χ1) is 19.6. The molecule has 11 N–H and O–H groups in total. The van der Waals surface area contributed by atoms with Crippen molar-refractivity contribution in [2.45, 2.75) is 83.0 Å². The maximum atomic E-state index is 12.8. The third-order valence-electron chi connectivity index (χ3n) is 7.74. The molecule has 1 unspecified atom stereocenters. The van der Waals surface area contributed by atoms with Crippen LogP contribution in [0, 0.1) is 5.92 Å². The van der Waals surface area contributed by atoms with Gasteiger partial charge in [-0.15, -0.1) is 0 Å². The maximum Gasteiger partial charge on any atom is 0.233 e. The van der Waals surface area contributed by atoms with E-state index in [1.54, 1.807) is 12.1 Å². The van der Waals surface area contributed by atoms with Crippen LogP contribution in [-0.4, -0.2) is 76.3 Å². The van der Waals surface area contributed by atoms with Crippen LogP contribution in [0.5, 0.6) is 5.75 Å². The van der Waals surface area contributed by atoms with Crippen LogP contribution in [-0.2, 0) is 4.79 Å². The molecule has 0 aliphatic carbocycles. The molecule has 2 aromatic rings. The molecule has 1 aromatic carbocycles. The zero-order valence-corrected chi connectivity index (χ0v) is 24.3. The van der Waals surface area contributed by atoms with Crippen molar-refractivity contribution in [2.24, 2.45) is 28.9 Å². The lowest BCUT2D eigenvalue weighted by molar-refractivity contribution is -0.120. The second-order valence-corrected chi connectivity index (χ2v) is 11.5. The first kappa shape index (κ1) is 30.7. The van der Waals surface area contributed by atoms with Crippen LogP contribution < -0.4 is 43.4 Å². The van der Waals surface area contributed by atoms with Crippen LogP contribution >= 0.6 is 0 Å². The zero-order valence-electron chi connectivity index (χ0n) is 24.3. The van der Waals surface area contributed by atoms with Gasteiger partial charge in [0, 0.05) is 68.0 Å². The van der Waals surface area contributed by atoms with Gasteiger partial charge in [0.25, 0.3) is 0 Å². The molecular weight excluding hydrogens is 522 g/mol. The summed E-state index contributed by atoms with van der Waals surface area (Å²) in [6.07, 6.45) is 6.27. The van der Waals surface area contributed by atoms with Crippen LogP contribution in [0.1, 0.15) is 58.8 Å². The number of nitrogens with two attached hydrogens (primary N) is 4. The number of anilines is 5. The summed E-state index contributed by atoms with van der Waals surface area (Å²) in [6, 6.07) is 4.60. The Morgan fingerprint density at radius 2 is 1.49 bits per heavy atom. The van der Waals surface area contributed by atoms with Gasteiger partial charge in [0.15, 0.2) is 0 Å². The van der Waals surface area contributed by atoms with E-state index in [-0.39, 0.29) is 41.7 Å². The highest BCUT2D eigenvalue weighted by Gasteiger charge is 2.29. The third kappa shape index (κ3) is 8.38. The van der Waals surface area contributed by atoms with E-state index in [1.165, 1.54) is 6.07 Å². The highest BCUT2D eigenvalue weighted by Crippen LogP contribution is 2.30. The number of rotatable bonds is 11. The number of hydrogen-bond donors (Lipinski definition) is 7. The quantitative estimate of drug-likeness (QED) is 0.152. The van der Waals surface area contributed by atoms with E-state index in [1.807, 2.05) is 16.7 Å². The summed E-state index contributed by atoms with van der Waals surface area (Å²) in [5.41, 5.74) is 25.9. The molecule has 3 heterocycles. The van der Waals surface area contributed by atoms with Crippen LogP contribution in [0.3, 0.4) is 0 Å². The van der Waals surface area contributed by atoms with Crippen LogP contribution in [0.4, 0.5) is 29.2 Å². The minimum absolute atomic E-state index is 0.0535. The molecule has 5 atom stereocenters. The van der Waals surface area contributed by atoms with Crippen LogP contribution in [0.15, 0.2) is 18.2 Å². The highest BCUT2D eigenvalue weighted by molar-refractivity contribution is 5.94. The fourth-order valence-corrected chi connectivity index (χ4v) is 5.62. The van der Waals surface area contributed by atoms with E-state index in [0.717, 1.165) is 44.9 Å². The van der Waals surface area contributed by atoms with Gasteiger partial charge in [0.1, 0.15) is 5.75 Å². The summed E-state index contributed by atoms with van der Waals surface area (Å²) >= 11 is 0. The van der Waals surface area contributed by atoms with Crippen molar-refractivity contribution in [3.8, 4) is 5.75 Å². The van der Waals surface area contributed by atoms with Crippen molar-refractivity contribution in [3.05, 3.63) is 18.2 Å². The van der Waals surface area contributed by atoms with E-state index < -0.39 is 0 Å². The summed E-state index contributed by atoms with van der Waals surface area (Å²) in [6.45, 7) is 6.44. The Morgan fingerprint density at radius 3 is 1.98 bits per heavy atom. The molecule has 4 rings (SSSR count). The third-order valence-corrected chi connectivity index (χ3v) is 7.74. The van der Waals surface area contributed by atoms with Gasteiger partial charge >= 0.3 is 0 Å². The first-order valence-corrected chi connectivity index (χ1v) is 14.8. The van der Waals surface area contributed by atoms with Crippen LogP contribution in [0.2, 0.25) is 0 Å². The summed E-state index contributed by atoms with van der Waals surface area (Å²) < 4.78 is 0. The van der Waals surface area contributed by atoms with Gasteiger partial charge in [-0.2, -0.15) is 15.0 Å². The molecule has 2 saturated heterocycles.